The van der Waals surface area contributed by atoms with Crippen LogP contribution in [-0.2, 0) is 0 Å². The molecule has 3 aromatic rings. The Labute approximate surface area is 198 Å². The Kier molecular flexibility index (Phi) is 6.86. The molecule has 0 saturated heterocycles. The number of hydrogen-bond donors (Lipinski definition) is 3. The molecule has 0 aliphatic heterocycles. The van der Waals surface area contributed by atoms with Crippen molar-refractivity contribution in [1.82, 2.24) is 15.1 Å². The molecule has 1 aliphatic carbocycles. The van der Waals surface area contributed by atoms with Crippen LogP contribution in [0.2, 0.25) is 0 Å². The van der Waals surface area contributed by atoms with E-state index in [0.29, 0.717) is 28.3 Å². The van der Waals surface area contributed by atoms with Gasteiger partial charge in [0, 0.05) is 23.2 Å². The lowest BCUT2D eigenvalue weighted by Crippen LogP contribution is -2.37. The molecule has 1 unspecified atom stereocenters. The molecule has 3 N–H and O–H groups in total. The van der Waals surface area contributed by atoms with Crippen molar-refractivity contribution < 1.29 is 19.4 Å². The number of anilines is 1. The molecule has 2 amide bonds. The van der Waals surface area contributed by atoms with Gasteiger partial charge in [-0.15, -0.1) is 0 Å². The predicted molar refractivity (Wildman–Crippen MR) is 131 cm³/mol. The number of phenols is 1. The van der Waals surface area contributed by atoms with E-state index < -0.39 is 0 Å². The smallest absolute Gasteiger partial charge is 0.342 e. The average molecular weight is 463 g/mol. The van der Waals surface area contributed by atoms with Crippen LogP contribution in [0, 0.1) is 0 Å². The van der Waals surface area contributed by atoms with Gasteiger partial charge in [-0.25, -0.2) is 4.79 Å². The maximum atomic E-state index is 12.9. The van der Waals surface area contributed by atoms with E-state index in [-0.39, 0.29) is 29.6 Å². The second-order valence-electron chi connectivity index (χ2n) is 8.64. The van der Waals surface area contributed by atoms with Crippen LogP contribution in [-0.4, -0.2) is 40.0 Å². The average Bonchev–Trinajstić information content (AvgIpc) is 3.23. The second-order valence-corrected chi connectivity index (χ2v) is 8.64. The SMILES string of the molecule is CCC(C)NC(=O)n1nc(-c2cc(NC(=O)c3ccccc3OC)ccc2O)cc1C1CCC1. The fourth-order valence-electron chi connectivity index (χ4n) is 3.91. The van der Waals surface area contributed by atoms with Crippen molar-refractivity contribution in [3.05, 3.63) is 59.8 Å². The van der Waals surface area contributed by atoms with Gasteiger partial charge in [0.1, 0.15) is 11.5 Å². The minimum atomic E-state index is -0.331. The number of carbonyl (C=O) groups is 2. The van der Waals surface area contributed by atoms with Gasteiger partial charge >= 0.3 is 6.03 Å². The summed E-state index contributed by atoms with van der Waals surface area (Å²) in [5, 5.41) is 20.9. The van der Waals surface area contributed by atoms with E-state index >= 15 is 0 Å². The number of hydrogen-bond acceptors (Lipinski definition) is 5. The third kappa shape index (κ3) is 4.76. The first-order valence-corrected chi connectivity index (χ1v) is 11.6. The zero-order chi connectivity index (χ0) is 24.2. The maximum Gasteiger partial charge on any atom is 0.342 e. The van der Waals surface area contributed by atoms with Gasteiger partial charge in [0.2, 0.25) is 0 Å². The standard InChI is InChI=1S/C26H30N4O4/c1-4-16(2)27-26(33)30-22(17-8-7-9-17)15-21(29-30)20-14-18(12-13-23(20)31)28-25(32)19-10-5-6-11-24(19)34-3/h5-6,10-17,31H,4,7-9H2,1-3H3,(H,27,33)(H,28,32). The normalized spacial score (nSPS) is 14.2. The number of aromatic nitrogens is 2. The lowest BCUT2D eigenvalue weighted by molar-refractivity contribution is 0.102. The van der Waals surface area contributed by atoms with Crippen LogP contribution in [0.3, 0.4) is 0 Å². The summed E-state index contributed by atoms with van der Waals surface area (Å²) in [5.74, 6) is 0.417. The molecule has 34 heavy (non-hydrogen) atoms. The van der Waals surface area contributed by atoms with Gasteiger partial charge in [0.25, 0.3) is 5.91 Å². The Morgan fingerprint density at radius 3 is 2.65 bits per heavy atom. The third-order valence-electron chi connectivity index (χ3n) is 6.32. The number of para-hydroxylation sites is 1. The summed E-state index contributed by atoms with van der Waals surface area (Å²) in [4.78, 5) is 25.7. The van der Waals surface area contributed by atoms with Gasteiger partial charge in [-0.1, -0.05) is 25.5 Å². The minimum absolute atomic E-state index is 0.0161. The van der Waals surface area contributed by atoms with Crippen LogP contribution in [0.25, 0.3) is 11.3 Å². The maximum absolute atomic E-state index is 12.9. The van der Waals surface area contributed by atoms with Gasteiger partial charge in [-0.05, 0) is 62.6 Å². The second kappa shape index (κ2) is 9.99. The lowest BCUT2D eigenvalue weighted by Gasteiger charge is -2.25. The first-order valence-electron chi connectivity index (χ1n) is 11.6. The molecule has 1 aromatic heterocycles. The van der Waals surface area contributed by atoms with Crippen LogP contribution in [0.4, 0.5) is 10.5 Å². The fourth-order valence-corrected chi connectivity index (χ4v) is 3.91. The molecule has 1 atom stereocenters. The summed E-state index contributed by atoms with van der Waals surface area (Å²) < 4.78 is 6.70. The first kappa shape index (κ1) is 23.4. The summed E-state index contributed by atoms with van der Waals surface area (Å²) in [7, 11) is 1.51. The highest BCUT2D eigenvalue weighted by molar-refractivity contribution is 6.06. The van der Waals surface area contributed by atoms with Crippen molar-refractivity contribution in [2.45, 2.75) is 51.5 Å². The highest BCUT2D eigenvalue weighted by Crippen LogP contribution is 2.39. The minimum Gasteiger partial charge on any atom is -0.507 e. The van der Waals surface area contributed by atoms with E-state index in [2.05, 4.69) is 15.7 Å². The molecular weight excluding hydrogens is 432 g/mol. The number of aromatic hydroxyl groups is 1. The van der Waals surface area contributed by atoms with Crippen molar-refractivity contribution in [2.75, 3.05) is 12.4 Å². The summed E-state index contributed by atoms with van der Waals surface area (Å²) in [6, 6.07) is 13.3. The van der Waals surface area contributed by atoms with Crippen LogP contribution in [0.1, 0.15) is 61.5 Å². The van der Waals surface area contributed by atoms with Crippen LogP contribution in [0.15, 0.2) is 48.5 Å². The summed E-state index contributed by atoms with van der Waals surface area (Å²) >= 11 is 0. The van der Waals surface area contributed by atoms with Gasteiger partial charge < -0.3 is 20.5 Å². The molecule has 2 aromatic carbocycles. The highest BCUT2D eigenvalue weighted by atomic mass is 16.5. The Hall–Kier alpha value is -3.81. The van der Waals surface area contributed by atoms with E-state index in [1.54, 1.807) is 36.4 Å². The molecule has 0 bridgehead atoms. The van der Waals surface area contributed by atoms with E-state index in [1.165, 1.54) is 17.9 Å². The van der Waals surface area contributed by atoms with Gasteiger partial charge in [0.05, 0.1) is 24.1 Å². The monoisotopic (exact) mass is 462 g/mol. The van der Waals surface area contributed by atoms with E-state index in [9.17, 15) is 14.7 Å². The number of benzene rings is 2. The predicted octanol–water partition coefficient (Wildman–Crippen LogP) is 5.14. The molecule has 0 radical (unpaired) electrons. The molecule has 1 fully saturated rings. The quantitative estimate of drug-likeness (QED) is 0.422. The van der Waals surface area contributed by atoms with Crippen molar-refractivity contribution in [2.24, 2.45) is 0 Å². The number of methoxy groups -OCH3 is 1. The number of phenolic OH excluding ortho intramolecular Hbond substituents is 1. The number of carbonyl (C=O) groups excluding carboxylic acids is 2. The molecule has 178 valence electrons. The number of rotatable bonds is 7. The fraction of sp³-hybridized carbons (Fsp3) is 0.346. The molecule has 4 rings (SSSR count). The molecule has 1 aliphatic rings. The first-order chi connectivity index (χ1) is 16.4. The lowest BCUT2D eigenvalue weighted by atomic mass is 9.82. The highest BCUT2D eigenvalue weighted by Gasteiger charge is 2.28. The van der Waals surface area contributed by atoms with Crippen molar-refractivity contribution in [3.8, 4) is 22.8 Å². The topological polar surface area (TPSA) is 105 Å². The van der Waals surface area contributed by atoms with Crippen LogP contribution >= 0.6 is 0 Å². The van der Waals surface area contributed by atoms with E-state index in [0.717, 1.165) is 31.4 Å². The summed E-state index contributed by atoms with van der Waals surface area (Å²) in [5.41, 5.74) is 2.65. The molecule has 8 nitrogen and oxygen atoms in total. The molecule has 0 spiro atoms. The van der Waals surface area contributed by atoms with Crippen LogP contribution in [0.5, 0.6) is 11.5 Å². The molecule has 1 heterocycles. The summed E-state index contributed by atoms with van der Waals surface area (Å²) in [6.07, 6.45) is 3.94. The van der Waals surface area contributed by atoms with Gasteiger partial charge in [-0.3, -0.25) is 4.79 Å². The van der Waals surface area contributed by atoms with Gasteiger partial charge in [-0.2, -0.15) is 9.78 Å². The number of nitrogens with zero attached hydrogens (tertiary/aromatic N) is 2. The van der Waals surface area contributed by atoms with Gasteiger partial charge in [0.15, 0.2) is 0 Å². The van der Waals surface area contributed by atoms with E-state index in [4.69, 9.17) is 4.74 Å². The largest absolute Gasteiger partial charge is 0.507 e. The van der Waals surface area contributed by atoms with Crippen molar-refractivity contribution >= 4 is 17.6 Å². The number of nitrogens with one attached hydrogen (secondary N) is 2. The zero-order valence-electron chi connectivity index (χ0n) is 19.7. The number of amides is 2. The van der Waals surface area contributed by atoms with E-state index in [1.807, 2.05) is 19.9 Å². The van der Waals surface area contributed by atoms with Crippen molar-refractivity contribution in [3.63, 3.8) is 0 Å². The Balaban J connectivity index is 1.65. The summed E-state index contributed by atoms with van der Waals surface area (Å²) in [6.45, 7) is 3.96. The Bertz CT molecular complexity index is 1200. The number of ether oxygens (including phenoxy) is 1. The van der Waals surface area contributed by atoms with Crippen molar-refractivity contribution in [1.29, 1.82) is 0 Å². The van der Waals surface area contributed by atoms with Crippen LogP contribution < -0.4 is 15.4 Å². The molecule has 1 saturated carbocycles. The zero-order valence-corrected chi connectivity index (χ0v) is 19.7. The Morgan fingerprint density at radius 2 is 1.97 bits per heavy atom. The molecular formula is C26H30N4O4. The Morgan fingerprint density at radius 1 is 1.21 bits per heavy atom. The third-order valence-corrected chi connectivity index (χ3v) is 6.32. The molecule has 8 heteroatoms.